The molecule has 2 N–H and O–H groups in total. The molecule has 0 aliphatic carbocycles. The molecule has 0 bridgehead atoms. The first-order valence-electron chi connectivity index (χ1n) is 13.9. The molecule has 13 heteroatoms. The third kappa shape index (κ3) is 7.50. The number of halogens is 1. The van der Waals surface area contributed by atoms with E-state index in [1.54, 1.807) is 20.3 Å². The standard InChI is InChI=1S/C27H43FN8O3Si/c1-9-35-14-20(13-29-35)31-25-32-23(30-19-12-18(2)36(15-19)26(37)39-27(3,4)5)22-21(28)16-34(24(22)33-25)17-38-10-11-40(6,7)8/h13-14,16,18-19H,9-12,15,17H2,1-8H3,(H2,30,31,32,33)/t18-,19+/m0/s1. The number of nitrogens with one attached hydrogen (secondary N) is 2. The highest BCUT2D eigenvalue weighted by Crippen LogP contribution is 2.31. The van der Waals surface area contributed by atoms with E-state index >= 15 is 4.39 Å². The molecule has 0 saturated carbocycles. The van der Waals surface area contributed by atoms with E-state index in [-0.39, 0.29) is 30.3 Å². The highest BCUT2D eigenvalue weighted by Gasteiger charge is 2.36. The van der Waals surface area contributed by atoms with Crippen LogP contribution in [0.25, 0.3) is 11.0 Å². The van der Waals surface area contributed by atoms with Gasteiger partial charge >= 0.3 is 6.09 Å². The number of ether oxygens (including phenoxy) is 2. The first-order valence-corrected chi connectivity index (χ1v) is 17.6. The fourth-order valence-electron chi connectivity index (χ4n) is 4.57. The van der Waals surface area contributed by atoms with Crippen molar-refractivity contribution in [2.24, 2.45) is 0 Å². The van der Waals surface area contributed by atoms with Crippen LogP contribution < -0.4 is 10.6 Å². The molecule has 1 aliphatic heterocycles. The summed E-state index contributed by atoms with van der Waals surface area (Å²) in [6, 6.07) is 0.821. The Kier molecular flexibility index (Phi) is 8.74. The summed E-state index contributed by atoms with van der Waals surface area (Å²) >= 11 is 0. The lowest BCUT2D eigenvalue weighted by Crippen LogP contribution is -2.39. The van der Waals surface area contributed by atoms with E-state index < -0.39 is 19.5 Å². The fraction of sp³-hybridized carbons (Fsp3) is 0.630. The van der Waals surface area contributed by atoms with Crippen molar-refractivity contribution in [1.82, 2.24) is 29.2 Å². The predicted molar refractivity (Wildman–Crippen MR) is 157 cm³/mol. The van der Waals surface area contributed by atoms with Crippen LogP contribution in [0.5, 0.6) is 0 Å². The van der Waals surface area contributed by atoms with Gasteiger partial charge in [-0.15, -0.1) is 0 Å². The van der Waals surface area contributed by atoms with Crippen molar-refractivity contribution < 1.29 is 18.7 Å². The Bertz CT molecular complexity index is 1330. The molecular formula is C27H43FN8O3Si. The minimum atomic E-state index is -1.26. The number of amides is 1. The van der Waals surface area contributed by atoms with Crippen molar-refractivity contribution in [2.45, 2.75) is 97.7 Å². The van der Waals surface area contributed by atoms with Crippen LogP contribution >= 0.6 is 0 Å². The van der Waals surface area contributed by atoms with Crippen LogP contribution in [-0.4, -0.2) is 74.2 Å². The van der Waals surface area contributed by atoms with Gasteiger partial charge in [-0.2, -0.15) is 15.1 Å². The number of likely N-dealkylation sites (tertiary alicyclic amines) is 1. The van der Waals surface area contributed by atoms with Gasteiger partial charge in [0.25, 0.3) is 0 Å². The van der Waals surface area contributed by atoms with Crippen LogP contribution in [0.15, 0.2) is 18.6 Å². The Labute approximate surface area is 236 Å². The van der Waals surface area contributed by atoms with Gasteiger partial charge in [0.15, 0.2) is 11.5 Å². The van der Waals surface area contributed by atoms with E-state index in [1.807, 2.05) is 40.8 Å². The number of aryl methyl sites for hydroxylation is 1. The van der Waals surface area contributed by atoms with E-state index in [4.69, 9.17) is 9.47 Å². The van der Waals surface area contributed by atoms with E-state index in [9.17, 15) is 4.79 Å². The first kappa shape index (κ1) is 29.8. The van der Waals surface area contributed by atoms with Crippen molar-refractivity contribution in [1.29, 1.82) is 0 Å². The normalized spacial score (nSPS) is 18.0. The zero-order chi connectivity index (χ0) is 29.2. The number of anilines is 3. The number of carbonyl (C=O) groups excluding carboxylic acids is 1. The number of nitrogens with zero attached hydrogens (tertiary/aromatic N) is 6. The fourth-order valence-corrected chi connectivity index (χ4v) is 5.33. The molecule has 4 rings (SSSR count). The zero-order valence-electron chi connectivity index (χ0n) is 24.9. The molecule has 2 atom stereocenters. The highest BCUT2D eigenvalue weighted by molar-refractivity contribution is 6.76. The zero-order valence-corrected chi connectivity index (χ0v) is 25.9. The van der Waals surface area contributed by atoms with Gasteiger partial charge < -0.3 is 29.6 Å². The molecular weight excluding hydrogens is 531 g/mol. The molecule has 0 radical (unpaired) electrons. The minimum absolute atomic E-state index is 0.0450. The molecule has 220 valence electrons. The molecule has 1 saturated heterocycles. The molecule has 1 aliphatic rings. The van der Waals surface area contributed by atoms with Gasteiger partial charge in [-0.3, -0.25) is 4.68 Å². The number of aromatic nitrogens is 5. The topological polar surface area (TPSA) is 111 Å². The van der Waals surface area contributed by atoms with Gasteiger partial charge in [0.1, 0.15) is 18.1 Å². The van der Waals surface area contributed by atoms with Gasteiger partial charge in [0.2, 0.25) is 5.95 Å². The molecule has 1 amide bonds. The largest absolute Gasteiger partial charge is 0.444 e. The predicted octanol–water partition coefficient (Wildman–Crippen LogP) is 5.65. The molecule has 0 spiro atoms. The maximum Gasteiger partial charge on any atom is 0.410 e. The van der Waals surface area contributed by atoms with Crippen molar-refractivity contribution >= 4 is 42.7 Å². The van der Waals surface area contributed by atoms with Crippen LogP contribution in [0.1, 0.15) is 41.0 Å². The monoisotopic (exact) mass is 574 g/mol. The third-order valence-electron chi connectivity index (χ3n) is 6.65. The number of fused-ring (bicyclic) bond motifs is 1. The Balaban J connectivity index is 1.61. The molecule has 3 aromatic heterocycles. The molecule has 3 aromatic rings. The van der Waals surface area contributed by atoms with Crippen LogP contribution in [-0.2, 0) is 22.7 Å². The number of hydrogen-bond acceptors (Lipinski definition) is 8. The van der Waals surface area contributed by atoms with E-state index in [2.05, 4.69) is 45.3 Å². The third-order valence-corrected chi connectivity index (χ3v) is 8.36. The summed E-state index contributed by atoms with van der Waals surface area (Å²) in [5, 5.41) is 11.2. The molecule has 11 nitrogen and oxygen atoms in total. The number of rotatable bonds is 10. The average Bonchev–Trinajstić information content (AvgIpc) is 3.52. The number of carbonyl (C=O) groups is 1. The minimum Gasteiger partial charge on any atom is -0.444 e. The summed E-state index contributed by atoms with van der Waals surface area (Å²) in [5.41, 5.74) is 0.558. The summed E-state index contributed by atoms with van der Waals surface area (Å²) in [7, 11) is -1.26. The van der Waals surface area contributed by atoms with Crippen LogP contribution in [0.2, 0.25) is 25.7 Å². The second kappa shape index (κ2) is 11.7. The summed E-state index contributed by atoms with van der Waals surface area (Å²) in [6.45, 7) is 18.3. The van der Waals surface area contributed by atoms with E-state index in [0.29, 0.717) is 37.0 Å². The molecule has 40 heavy (non-hydrogen) atoms. The average molecular weight is 575 g/mol. The molecule has 0 unspecified atom stereocenters. The lowest BCUT2D eigenvalue weighted by molar-refractivity contribution is 0.0238. The van der Waals surface area contributed by atoms with E-state index in [0.717, 1.165) is 18.3 Å². The quantitative estimate of drug-likeness (QED) is 0.236. The second-order valence-electron chi connectivity index (χ2n) is 12.7. The summed E-state index contributed by atoms with van der Waals surface area (Å²) < 4.78 is 30.4. The molecule has 0 aromatic carbocycles. The van der Waals surface area contributed by atoms with Gasteiger partial charge in [0.05, 0.1) is 17.3 Å². The SMILES string of the molecule is CCn1cc(Nc2nc(N[C@@H]3C[C@H](C)N(C(=O)OC(C)(C)C)C3)c3c(F)cn(COCC[Si](C)(C)C)c3n2)cn1. The summed E-state index contributed by atoms with van der Waals surface area (Å²) in [5.74, 6) is 0.228. The second-order valence-corrected chi connectivity index (χ2v) is 18.3. The van der Waals surface area contributed by atoms with Crippen LogP contribution in [0, 0.1) is 5.82 Å². The Morgan fingerprint density at radius 1 is 1.23 bits per heavy atom. The van der Waals surface area contributed by atoms with Crippen molar-refractivity contribution in [3.63, 3.8) is 0 Å². The van der Waals surface area contributed by atoms with Gasteiger partial charge in [0, 0.05) is 52.2 Å². The molecule has 1 fully saturated rings. The van der Waals surface area contributed by atoms with Crippen molar-refractivity contribution in [3.8, 4) is 0 Å². The Hall–Kier alpha value is -3.19. The van der Waals surface area contributed by atoms with Gasteiger partial charge in [-0.1, -0.05) is 19.6 Å². The van der Waals surface area contributed by atoms with Crippen molar-refractivity contribution in [2.75, 3.05) is 23.8 Å². The number of hydrogen-bond donors (Lipinski definition) is 2. The summed E-state index contributed by atoms with van der Waals surface area (Å²) in [4.78, 5) is 23.8. The molecule has 4 heterocycles. The summed E-state index contributed by atoms with van der Waals surface area (Å²) in [6.07, 6.45) is 5.26. The van der Waals surface area contributed by atoms with Crippen molar-refractivity contribution in [3.05, 3.63) is 24.4 Å². The Morgan fingerprint density at radius 3 is 2.62 bits per heavy atom. The maximum atomic E-state index is 15.4. The van der Waals surface area contributed by atoms with Gasteiger partial charge in [-0.25, -0.2) is 9.18 Å². The lowest BCUT2D eigenvalue weighted by atomic mass is 10.2. The first-order chi connectivity index (χ1) is 18.7. The lowest BCUT2D eigenvalue weighted by Gasteiger charge is -2.27. The van der Waals surface area contributed by atoms with E-state index in [1.165, 1.54) is 6.20 Å². The Morgan fingerprint density at radius 2 is 1.98 bits per heavy atom. The maximum absolute atomic E-state index is 15.4. The highest BCUT2D eigenvalue weighted by atomic mass is 28.3. The van der Waals surface area contributed by atoms with Gasteiger partial charge in [-0.05, 0) is 47.1 Å². The van der Waals surface area contributed by atoms with Crippen LogP contribution in [0.3, 0.4) is 0 Å². The smallest absolute Gasteiger partial charge is 0.410 e. The van der Waals surface area contributed by atoms with Crippen LogP contribution in [0.4, 0.5) is 26.6 Å².